The summed E-state index contributed by atoms with van der Waals surface area (Å²) < 4.78 is 5.49. The van der Waals surface area contributed by atoms with E-state index in [-0.39, 0.29) is 18.5 Å². The van der Waals surface area contributed by atoms with Gasteiger partial charge in [0.1, 0.15) is 0 Å². The maximum atomic E-state index is 12.5. The smallest absolute Gasteiger partial charge is 0.305 e. The van der Waals surface area contributed by atoms with Crippen LogP contribution < -0.4 is 5.32 Å². The summed E-state index contributed by atoms with van der Waals surface area (Å²) in [5.41, 5.74) is 0. The third kappa shape index (κ3) is 59.7. The molecule has 0 fully saturated rings. The minimum absolute atomic E-state index is 0.00389. The maximum Gasteiger partial charge on any atom is 0.305 e. The molecule has 6 nitrogen and oxygen atoms in total. The lowest BCUT2D eigenvalue weighted by molar-refractivity contribution is -0.143. The Labute approximate surface area is 457 Å². The van der Waals surface area contributed by atoms with Crippen LogP contribution in [0.1, 0.15) is 380 Å². The summed E-state index contributed by atoms with van der Waals surface area (Å²) >= 11 is 0. The lowest BCUT2D eigenvalue weighted by Crippen LogP contribution is -2.45. The van der Waals surface area contributed by atoms with Crippen LogP contribution in [0, 0.1) is 0 Å². The van der Waals surface area contributed by atoms with Crippen molar-refractivity contribution in [3.63, 3.8) is 0 Å². The highest BCUT2D eigenvalue weighted by molar-refractivity contribution is 5.76. The van der Waals surface area contributed by atoms with Crippen LogP contribution in [0.5, 0.6) is 0 Å². The first-order valence-electron chi connectivity index (χ1n) is 33.4. The van der Waals surface area contributed by atoms with E-state index in [2.05, 4.69) is 31.3 Å². The maximum absolute atomic E-state index is 12.5. The van der Waals surface area contributed by atoms with Crippen LogP contribution in [0.2, 0.25) is 0 Å². The molecule has 0 rings (SSSR count). The average Bonchev–Trinajstić information content (AvgIpc) is 3.39. The van der Waals surface area contributed by atoms with Gasteiger partial charge < -0.3 is 20.3 Å². The van der Waals surface area contributed by atoms with Gasteiger partial charge in [0.05, 0.1) is 25.4 Å². The van der Waals surface area contributed by atoms with Gasteiger partial charge in [0.15, 0.2) is 0 Å². The summed E-state index contributed by atoms with van der Waals surface area (Å²) in [5.74, 6) is -0.0493. The molecule has 0 heterocycles. The van der Waals surface area contributed by atoms with Crippen molar-refractivity contribution in [2.45, 2.75) is 392 Å². The zero-order chi connectivity index (χ0) is 52.9. The van der Waals surface area contributed by atoms with Crippen molar-refractivity contribution in [1.29, 1.82) is 0 Å². The van der Waals surface area contributed by atoms with E-state index in [0.717, 1.165) is 70.6 Å². The third-order valence-electron chi connectivity index (χ3n) is 15.8. The second-order valence-corrected chi connectivity index (χ2v) is 23.2. The van der Waals surface area contributed by atoms with Crippen molar-refractivity contribution >= 4 is 11.9 Å². The minimum Gasteiger partial charge on any atom is -0.466 e. The van der Waals surface area contributed by atoms with Crippen LogP contribution >= 0.6 is 0 Å². The second kappa shape index (κ2) is 63.1. The van der Waals surface area contributed by atoms with E-state index in [9.17, 15) is 19.8 Å². The molecule has 0 aromatic rings. The highest BCUT2D eigenvalue weighted by Crippen LogP contribution is 2.19. The fraction of sp³-hybridized carbons (Fsp3) is 0.940. The van der Waals surface area contributed by atoms with Crippen LogP contribution in [-0.4, -0.2) is 47.4 Å². The minimum atomic E-state index is -0.675. The van der Waals surface area contributed by atoms with E-state index in [0.29, 0.717) is 25.9 Å². The molecule has 0 bridgehead atoms. The number of carbonyl (C=O) groups excluding carboxylic acids is 2. The highest BCUT2D eigenvalue weighted by atomic mass is 16.5. The first-order valence-corrected chi connectivity index (χ1v) is 33.4. The van der Waals surface area contributed by atoms with E-state index in [1.54, 1.807) is 0 Å². The molecule has 434 valence electrons. The zero-order valence-corrected chi connectivity index (χ0v) is 49.6. The number of amides is 1. The van der Waals surface area contributed by atoms with Crippen molar-refractivity contribution < 1.29 is 24.5 Å². The van der Waals surface area contributed by atoms with Gasteiger partial charge in [-0.05, 0) is 51.4 Å². The first-order chi connectivity index (χ1) is 36.0. The van der Waals surface area contributed by atoms with Gasteiger partial charge in [-0.2, -0.15) is 0 Å². The van der Waals surface area contributed by atoms with Crippen LogP contribution in [0.4, 0.5) is 0 Å². The Morgan fingerprint density at radius 1 is 0.370 bits per heavy atom. The Morgan fingerprint density at radius 3 is 0.973 bits per heavy atom. The molecule has 0 aliphatic carbocycles. The molecule has 0 spiro atoms. The summed E-state index contributed by atoms with van der Waals surface area (Å²) in [5, 5.41) is 23.4. The SMILES string of the molecule is CCCCCCCCCCCCCCCCCCCCCCCCC(O)C(CO)NC(=O)CCCCCCCCC/C=C\CCCCCCOC(=O)CCCCCCCCCCCCCCCCCCCCC. The van der Waals surface area contributed by atoms with Gasteiger partial charge in [-0.1, -0.05) is 328 Å². The molecule has 0 aliphatic heterocycles. The Bertz CT molecular complexity index is 1100. The van der Waals surface area contributed by atoms with Gasteiger partial charge >= 0.3 is 5.97 Å². The van der Waals surface area contributed by atoms with E-state index in [1.807, 2.05) is 0 Å². The number of aliphatic hydroxyl groups is 2. The first kappa shape index (κ1) is 71.6. The van der Waals surface area contributed by atoms with Crippen LogP contribution in [0.25, 0.3) is 0 Å². The van der Waals surface area contributed by atoms with Crippen molar-refractivity contribution in [3.8, 4) is 0 Å². The molecule has 0 aromatic carbocycles. The number of aliphatic hydroxyl groups excluding tert-OH is 2. The van der Waals surface area contributed by atoms with Gasteiger partial charge in [-0.3, -0.25) is 9.59 Å². The molecule has 0 saturated carbocycles. The Kier molecular flexibility index (Phi) is 61.9. The molecule has 2 atom stereocenters. The van der Waals surface area contributed by atoms with E-state index >= 15 is 0 Å². The van der Waals surface area contributed by atoms with E-state index < -0.39 is 12.1 Å². The van der Waals surface area contributed by atoms with Gasteiger partial charge in [-0.25, -0.2) is 0 Å². The summed E-state index contributed by atoms with van der Waals surface area (Å²) in [4.78, 5) is 24.6. The molecule has 0 radical (unpaired) electrons. The summed E-state index contributed by atoms with van der Waals surface area (Å²) in [7, 11) is 0. The molecule has 0 saturated heterocycles. The Balaban J connectivity index is 3.43. The number of nitrogens with one attached hydrogen (secondary N) is 1. The van der Waals surface area contributed by atoms with Crippen molar-refractivity contribution in [2.24, 2.45) is 0 Å². The fourth-order valence-electron chi connectivity index (χ4n) is 10.7. The molecule has 3 N–H and O–H groups in total. The molecule has 0 aliphatic rings. The second-order valence-electron chi connectivity index (χ2n) is 23.2. The standard InChI is InChI=1S/C67H131NO5/c1-3-5-7-9-11-13-15-17-19-21-23-24-25-27-28-31-35-39-43-47-51-55-59-65(70)64(63-69)68-66(71)60-56-52-48-44-40-36-32-30-34-38-42-46-50-54-58-62-73-67(72)61-57-53-49-45-41-37-33-29-26-22-20-18-16-14-12-10-8-6-4-2/h34,38,64-65,69-70H,3-33,35-37,39-63H2,1-2H3,(H,68,71)/b38-34-. The van der Waals surface area contributed by atoms with E-state index in [1.165, 1.54) is 276 Å². The number of carbonyl (C=O) groups is 2. The molecule has 1 amide bonds. The average molecular weight is 1030 g/mol. The van der Waals surface area contributed by atoms with Gasteiger partial charge in [0.25, 0.3) is 0 Å². The van der Waals surface area contributed by atoms with Crippen LogP contribution in [0.15, 0.2) is 12.2 Å². The van der Waals surface area contributed by atoms with Crippen molar-refractivity contribution in [2.75, 3.05) is 13.2 Å². The number of unbranched alkanes of at least 4 members (excludes halogenated alkanes) is 50. The summed E-state index contributed by atoms with van der Waals surface area (Å²) in [6.45, 7) is 4.96. The number of rotatable bonds is 63. The molecular formula is C67H131NO5. The van der Waals surface area contributed by atoms with E-state index in [4.69, 9.17) is 4.74 Å². The van der Waals surface area contributed by atoms with Gasteiger partial charge in [-0.15, -0.1) is 0 Å². The van der Waals surface area contributed by atoms with Gasteiger partial charge in [0.2, 0.25) is 5.91 Å². The predicted octanol–water partition coefficient (Wildman–Crippen LogP) is 21.2. The zero-order valence-electron chi connectivity index (χ0n) is 49.6. The number of ether oxygens (including phenoxy) is 1. The summed E-state index contributed by atoms with van der Waals surface area (Å²) in [6, 6.07) is -0.553. The fourth-order valence-corrected chi connectivity index (χ4v) is 10.7. The Hall–Kier alpha value is -1.40. The number of esters is 1. The highest BCUT2D eigenvalue weighted by Gasteiger charge is 2.20. The molecule has 2 unspecified atom stereocenters. The topological polar surface area (TPSA) is 95.9 Å². The van der Waals surface area contributed by atoms with Crippen molar-refractivity contribution in [3.05, 3.63) is 12.2 Å². The molecule has 0 aromatic heterocycles. The predicted molar refractivity (Wildman–Crippen MR) is 320 cm³/mol. The monoisotopic (exact) mass is 1030 g/mol. The molecular weight excluding hydrogens is 899 g/mol. The number of hydrogen-bond donors (Lipinski definition) is 3. The third-order valence-corrected chi connectivity index (χ3v) is 15.8. The molecule has 73 heavy (non-hydrogen) atoms. The largest absolute Gasteiger partial charge is 0.466 e. The molecule has 6 heteroatoms. The van der Waals surface area contributed by atoms with Crippen LogP contribution in [-0.2, 0) is 14.3 Å². The lowest BCUT2D eigenvalue weighted by atomic mass is 10.0. The summed E-state index contributed by atoms with van der Waals surface area (Å²) in [6.07, 6.45) is 76.6. The van der Waals surface area contributed by atoms with Gasteiger partial charge in [0, 0.05) is 12.8 Å². The number of hydrogen-bond acceptors (Lipinski definition) is 5. The number of allylic oxidation sites excluding steroid dienone is 2. The lowest BCUT2D eigenvalue weighted by Gasteiger charge is -2.22. The Morgan fingerprint density at radius 2 is 0.644 bits per heavy atom. The quantitative estimate of drug-likeness (QED) is 0.0320. The normalized spacial score (nSPS) is 12.5. The van der Waals surface area contributed by atoms with Crippen molar-refractivity contribution in [1.82, 2.24) is 5.32 Å². The van der Waals surface area contributed by atoms with Crippen LogP contribution in [0.3, 0.4) is 0 Å².